The van der Waals surface area contributed by atoms with Gasteiger partial charge in [0.1, 0.15) is 5.75 Å². The first-order chi connectivity index (χ1) is 12.6. The van der Waals surface area contributed by atoms with Gasteiger partial charge >= 0.3 is 5.69 Å². The van der Waals surface area contributed by atoms with Crippen molar-refractivity contribution in [3.63, 3.8) is 0 Å². The average molecular weight is 369 g/mol. The van der Waals surface area contributed by atoms with E-state index < -0.39 is 0 Å². The minimum absolute atomic E-state index is 0.0352. The third-order valence-electron chi connectivity index (χ3n) is 4.09. The van der Waals surface area contributed by atoms with Gasteiger partial charge in [-0.2, -0.15) is 0 Å². The Morgan fingerprint density at radius 3 is 2.54 bits per heavy atom. The van der Waals surface area contributed by atoms with Crippen molar-refractivity contribution in [3.8, 4) is 5.75 Å². The summed E-state index contributed by atoms with van der Waals surface area (Å²) in [6.07, 6.45) is 0. The van der Waals surface area contributed by atoms with Crippen LogP contribution < -0.4 is 10.4 Å². The Labute approximate surface area is 155 Å². The predicted molar refractivity (Wildman–Crippen MR) is 101 cm³/mol. The molecule has 0 bridgehead atoms. The molecule has 0 saturated carbocycles. The zero-order valence-electron chi connectivity index (χ0n) is 14.5. The number of aromatic nitrogens is 3. The second-order valence-corrected chi connectivity index (χ2v) is 6.65. The van der Waals surface area contributed by atoms with E-state index in [2.05, 4.69) is 10.2 Å². The van der Waals surface area contributed by atoms with E-state index in [-0.39, 0.29) is 23.3 Å². The van der Waals surface area contributed by atoms with Crippen molar-refractivity contribution in [3.05, 3.63) is 76.2 Å². The normalized spacial score (nSPS) is 11.9. The van der Waals surface area contributed by atoms with E-state index in [1.54, 1.807) is 35.9 Å². The summed E-state index contributed by atoms with van der Waals surface area (Å²) >= 11 is 1.24. The molecule has 1 aromatic heterocycles. The number of aromatic amines is 1. The molecule has 0 radical (unpaired) electrons. The molecule has 1 unspecified atom stereocenters. The third-order valence-corrected chi connectivity index (χ3v) is 5.04. The topological polar surface area (TPSA) is 77.0 Å². The van der Waals surface area contributed by atoms with Gasteiger partial charge in [-0.25, -0.2) is 9.89 Å². The Balaban J connectivity index is 1.74. The molecule has 0 fully saturated rings. The number of ketones is 1. The van der Waals surface area contributed by atoms with Gasteiger partial charge < -0.3 is 4.74 Å². The first kappa shape index (κ1) is 18.0. The molecule has 26 heavy (non-hydrogen) atoms. The lowest BCUT2D eigenvalue weighted by molar-refractivity contribution is 0.102. The highest BCUT2D eigenvalue weighted by atomic mass is 32.2. The summed E-state index contributed by atoms with van der Waals surface area (Å²) in [4.78, 5) is 24.6. The molecule has 2 aromatic carbocycles. The van der Waals surface area contributed by atoms with Crippen molar-refractivity contribution in [2.45, 2.75) is 18.1 Å². The highest BCUT2D eigenvalue weighted by Crippen LogP contribution is 2.23. The Morgan fingerprint density at radius 1 is 1.19 bits per heavy atom. The van der Waals surface area contributed by atoms with Gasteiger partial charge in [0.05, 0.1) is 18.9 Å². The summed E-state index contributed by atoms with van der Waals surface area (Å²) < 4.78 is 6.67. The lowest BCUT2D eigenvalue weighted by atomic mass is 10.1. The number of carbonyl (C=O) groups excluding carboxylic acids is 1. The molecule has 1 heterocycles. The number of Topliss-reactive ketones (excluding diaryl/α,β-unsaturated/α-hetero) is 1. The molecule has 1 N–H and O–H groups in total. The maximum Gasteiger partial charge on any atom is 0.344 e. The number of nitrogens with one attached hydrogen (secondary N) is 1. The van der Waals surface area contributed by atoms with E-state index in [4.69, 9.17) is 4.74 Å². The minimum Gasteiger partial charge on any atom is -0.497 e. The van der Waals surface area contributed by atoms with Crippen LogP contribution in [0.3, 0.4) is 0 Å². The SMILES string of the molecule is COc1ccc(C(=O)CSc2n[nH]c(=O)n2C(C)c2ccccc2)cc1. The number of methoxy groups -OCH3 is 1. The van der Waals surface area contributed by atoms with Gasteiger partial charge in [-0.15, -0.1) is 5.10 Å². The molecule has 0 spiro atoms. The van der Waals surface area contributed by atoms with Crippen molar-refractivity contribution in [1.82, 2.24) is 14.8 Å². The highest BCUT2D eigenvalue weighted by molar-refractivity contribution is 7.99. The Morgan fingerprint density at radius 2 is 1.88 bits per heavy atom. The molecule has 0 saturated heterocycles. The van der Waals surface area contributed by atoms with Crippen LogP contribution in [0.4, 0.5) is 0 Å². The van der Waals surface area contributed by atoms with Crippen molar-refractivity contribution >= 4 is 17.5 Å². The van der Waals surface area contributed by atoms with Crippen molar-refractivity contribution < 1.29 is 9.53 Å². The third kappa shape index (κ3) is 3.88. The first-order valence-corrected chi connectivity index (χ1v) is 9.10. The number of hydrogen-bond acceptors (Lipinski definition) is 5. The van der Waals surface area contributed by atoms with Crippen LogP contribution in [0.25, 0.3) is 0 Å². The van der Waals surface area contributed by atoms with Crippen molar-refractivity contribution in [2.24, 2.45) is 0 Å². The predicted octanol–water partition coefficient (Wildman–Crippen LogP) is 3.16. The number of rotatable bonds is 7. The van der Waals surface area contributed by atoms with Gasteiger partial charge in [0.25, 0.3) is 0 Å². The van der Waals surface area contributed by atoms with Crippen LogP contribution in [0, 0.1) is 0 Å². The van der Waals surface area contributed by atoms with E-state index in [0.29, 0.717) is 16.5 Å². The maximum absolute atomic E-state index is 12.4. The van der Waals surface area contributed by atoms with Crippen LogP contribution in [0.15, 0.2) is 64.5 Å². The highest BCUT2D eigenvalue weighted by Gasteiger charge is 2.18. The summed E-state index contributed by atoms with van der Waals surface area (Å²) in [5.74, 6) is 0.858. The Hall–Kier alpha value is -2.80. The van der Waals surface area contributed by atoms with Crippen LogP contribution in [-0.2, 0) is 0 Å². The van der Waals surface area contributed by atoms with Crippen LogP contribution in [0.5, 0.6) is 5.75 Å². The summed E-state index contributed by atoms with van der Waals surface area (Å²) in [5.41, 5.74) is 1.30. The molecular formula is C19H19N3O3S. The molecule has 0 amide bonds. The lowest BCUT2D eigenvalue weighted by Gasteiger charge is -2.14. The van der Waals surface area contributed by atoms with Crippen LogP contribution in [-0.4, -0.2) is 33.4 Å². The smallest absolute Gasteiger partial charge is 0.344 e. The molecule has 7 heteroatoms. The zero-order chi connectivity index (χ0) is 18.5. The van der Waals surface area contributed by atoms with E-state index in [0.717, 1.165) is 5.56 Å². The number of hydrogen-bond donors (Lipinski definition) is 1. The number of ether oxygens (including phenoxy) is 1. The second-order valence-electron chi connectivity index (χ2n) is 5.71. The van der Waals surface area contributed by atoms with Gasteiger partial charge in [0, 0.05) is 5.56 Å². The fourth-order valence-corrected chi connectivity index (χ4v) is 3.52. The molecule has 0 aliphatic carbocycles. The minimum atomic E-state index is -0.291. The summed E-state index contributed by atoms with van der Waals surface area (Å²) in [5, 5.41) is 7.04. The van der Waals surface area contributed by atoms with Gasteiger partial charge in [-0.05, 0) is 36.8 Å². The molecule has 6 nitrogen and oxygen atoms in total. The fourth-order valence-electron chi connectivity index (χ4n) is 2.60. The Kier molecular flexibility index (Phi) is 5.58. The number of nitrogens with zero attached hydrogens (tertiary/aromatic N) is 2. The van der Waals surface area contributed by atoms with E-state index in [1.165, 1.54) is 11.8 Å². The number of benzene rings is 2. The maximum atomic E-state index is 12.4. The van der Waals surface area contributed by atoms with Crippen molar-refractivity contribution in [1.29, 1.82) is 0 Å². The van der Waals surface area contributed by atoms with Crippen LogP contribution in [0.1, 0.15) is 28.9 Å². The van der Waals surface area contributed by atoms with E-state index >= 15 is 0 Å². The van der Waals surface area contributed by atoms with Gasteiger partial charge in [0.15, 0.2) is 10.9 Å². The molecular weight excluding hydrogens is 350 g/mol. The molecule has 1 atom stereocenters. The molecule has 134 valence electrons. The summed E-state index contributed by atoms with van der Waals surface area (Å²) in [7, 11) is 1.58. The van der Waals surface area contributed by atoms with Crippen LogP contribution in [0.2, 0.25) is 0 Å². The first-order valence-electron chi connectivity index (χ1n) is 8.12. The molecule has 0 aliphatic heterocycles. The van der Waals surface area contributed by atoms with E-state index in [1.807, 2.05) is 37.3 Å². The van der Waals surface area contributed by atoms with Gasteiger partial charge in [-0.3, -0.25) is 9.36 Å². The summed E-state index contributed by atoms with van der Waals surface area (Å²) in [6, 6.07) is 16.5. The average Bonchev–Trinajstić information content (AvgIpc) is 3.06. The zero-order valence-corrected chi connectivity index (χ0v) is 15.3. The van der Waals surface area contributed by atoms with Crippen LogP contribution >= 0.6 is 11.8 Å². The monoisotopic (exact) mass is 369 g/mol. The molecule has 0 aliphatic rings. The standard InChI is InChI=1S/C19H19N3O3S/c1-13(14-6-4-3-5-7-14)22-18(24)20-21-19(22)26-12-17(23)15-8-10-16(25-2)11-9-15/h3-11,13H,12H2,1-2H3,(H,20,24). The Bertz CT molecular complexity index is 933. The summed E-state index contributed by atoms with van der Waals surface area (Å²) in [6.45, 7) is 1.93. The fraction of sp³-hybridized carbons (Fsp3) is 0.211. The molecule has 3 aromatic rings. The second kappa shape index (κ2) is 8.05. The molecule has 3 rings (SSSR count). The van der Waals surface area contributed by atoms with Gasteiger partial charge in [-0.1, -0.05) is 42.1 Å². The van der Waals surface area contributed by atoms with E-state index in [9.17, 15) is 9.59 Å². The largest absolute Gasteiger partial charge is 0.497 e. The number of H-pyrrole nitrogens is 1. The van der Waals surface area contributed by atoms with Crippen molar-refractivity contribution in [2.75, 3.05) is 12.9 Å². The lowest BCUT2D eigenvalue weighted by Crippen LogP contribution is -2.22. The van der Waals surface area contributed by atoms with Gasteiger partial charge in [0.2, 0.25) is 0 Å². The number of thioether (sulfide) groups is 1. The number of carbonyl (C=O) groups is 1. The quantitative estimate of drug-likeness (QED) is 0.511.